The van der Waals surface area contributed by atoms with Gasteiger partial charge >= 0.3 is 0 Å². The molecule has 0 aromatic carbocycles. The number of halogens is 1. The maximum absolute atomic E-state index is 12.0. The van der Waals surface area contributed by atoms with Gasteiger partial charge in [0.25, 0.3) is 0 Å². The zero-order valence-corrected chi connectivity index (χ0v) is 10.9. The Morgan fingerprint density at radius 3 is 2.31 bits per heavy atom. The topological polar surface area (TPSA) is 32.3 Å². The van der Waals surface area contributed by atoms with Crippen molar-refractivity contribution in [1.29, 1.82) is 0 Å². The highest BCUT2D eigenvalue weighted by Crippen LogP contribution is 2.29. The molecule has 0 bridgehead atoms. The number of nitrogens with one attached hydrogen (secondary N) is 1. The molecule has 1 saturated heterocycles. The molecular formula is C12H23ClN2O. The van der Waals surface area contributed by atoms with Gasteiger partial charge in [0.1, 0.15) is 0 Å². The monoisotopic (exact) mass is 246 g/mol. The predicted octanol–water partition coefficient (Wildman–Crippen LogP) is 1.67. The summed E-state index contributed by atoms with van der Waals surface area (Å²) in [6.07, 6.45) is 5.88. The summed E-state index contributed by atoms with van der Waals surface area (Å²) in [5.41, 5.74) is 0. The number of rotatable bonds is 3. The summed E-state index contributed by atoms with van der Waals surface area (Å²) in [5, 5.41) is 3.22. The van der Waals surface area contributed by atoms with Crippen LogP contribution >= 0.6 is 12.4 Å². The number of hydrogen-bond acceptors (Lipinski definition) is 2. The predicted molar refractivity (Wildman–Crippen MR) is 67.8 cm³/mol. The van der Waals surface area contributed by atoms with E-state index in [4.69, 9.17) is 0 Å². The lowest BCUT2D eigenvalue weighted by atomic mass is 9.83. The van der Waals surface area contributed by atoms with Crippen molar-refractivity contribution < 1.29 is 4.79 Å². The highest BCUT2D eigenvalue weighted by atomic mass is 35.5. The Balaban J connectivity index is 0.00000128. The summed E-state index contributed by atoms with van der Waals surface area (Å²) in [6, 6.07) is 0. The van der Waals surface area contributed by atoms with Crippen LogP contribution in [0.15, 0.2) is 0 Å². The van der Waals surface area contributed by atoms with Crippen LogP contribution in [-0.2, 0) is 4.79 Å². The quantitative estimate of drug-likeness (QED) is 0.822. The molecule has 1 heterocycles. The summed E-state index contributed by atoms with van der Waals surface area (Å²) in [5.74, 6) is 1.59. The molecule has 1 amide bonds. The van der Waals surface area contributed by atoms with E-state index in [0.717, 1.165) is 38.4 Å². The van der Waals surface area contributed by atoms with E-state index in [2.05, 4.69) is 10.2 Å². The molecule has 0 unspecified atom stereocenters. The van der Waals surface area contributed by atoms with Gasteiger partial charge in [0.15, 0.2) is 0 Å². The first kappa shape index (κ1) is 13.8. The highest BCUT2D eigenvalue weighted by Gasteiger charge is 2.31. The molecule has 2 fully saturated rings. The van der Waals surface area contributed by atoms with Crippen LogP contribution in [-0.4, -0.2) is 37.5 Å². The lowest BCUT2D eigenvalue weighted by Gasteiger charge is -2.36. The van der Waals surface area contributed by atoms with E-state index in [9.17, 15) is 4.79 Å². The lowest BCUT2D eigenvalue weighted by molar-refractivity contribution is -0.139. The molecule has 0 radical (unpaired) electrons. The smallest absolute Gasteiger partial charge is 0.225 e. The summed E-state index contributed by atoms with van der Waals surface area (Å²) in [4.78, 5) is 14.0. The van der Waals surface area contributed by atoms with Crippen molar-refractivity contribution in [3.63, 3.8) is 0 Å². The molecule has 1 saturated carbocycles. The number of likely N-dealkylation sites (tertiary alicyclic amines) is 1. The third-order valence-corrected chi connectivity index (χ3v) is 3.87. The molecule has 1 aliphatic heterocycles. The molecule has 0 aromatic heterocycles. The van der Waals surface area contributed by atoms with Crippen molar-refractivity contribution in [2.45, 2.75) is 32.1 Å². The van der Waals surface area contributed by atoms with Crippen LogP contribution in [0.2, 0.25) is 0 Å². The van der Waals surface area contributed by atoms with Crippen molar-refractivity contribution in [1.82, 2.24) is 10.2 Å². The van der Waals surface area contributed by atoms with Gasteiger partial charge in [0.2, 0.25) is 5.91 Å². The van der Waals surface area contributed by atoms with Gasteiger partial charge in [0, 0.05) is 19.0 Å². The third kappa shape index (κ3) is 3.11. The maximum Gasteiger partial charge on any atom is 0.225 e. The van der Waals surface area contributed by atoms with Crippen LogP contribution in [0.3, 0.4) is 0 Å². The van der Waals surface area contributed by atoms with Gasteiger partial charge in [-0.1, -0.05) is 6.42 Å². The van der Waals surface area contributed by atoms with Gasteiger partial charge in [-0.3, -0.25) is 4.79 Å². The van der Waals surface area contributed by atoms with Crippen LogP contribution < -0.4 is 5.32 Å². The summed E-state index contributed by atoms with van der Waals surface area (Å²) in [6.45, 7) is 3.08. The van der Waals surface area contributed by atoms with Gasteiger partial charge in [-0.05, 0) is 45.2 Å². The Hall–Kier alpha value is -0.280. The van der Waals surface area contributed by atoms with Crippen molar-refractivity contribution in [3.05, 3.63) is 0 Å². The fraction of sp³-hybridized carbons (Fsp3) is 0.917. The molecule has 94 valence electrons. The molecule has 4 heteroatoms. The number of amides is 1. The Labute approximate surface area is 104 Å². The SMILES string of the molecule is CNCC1CCN(C(=O)C2CCC2)CC1.Cl. The molecule has 1 N–H and O–H groups in total. The standard InChI is InChI=1S/C12H22N2O.ClH/c1-13-9-10-5-7-14(8-6-10)12(15)11-3-2-4-11;/h10-11,13H,2-9H2,1H3;1H. The van der Waals surface area contributed by atoms with E-state index >= 15 is 0 Å². The first-order valence-electron chi connectivity index (χ1n) is 6.24. The fourth-order valence-corrected chi connectivity index (χ4v) is 2.56. The lowest BCUT2D eigenvalue weighted by Crippen LogP contribution is -2.44. The Kier molecular flexibility index (Phi) is 5.56. The van der Waals surface area contributed by atoms with Gasteiger partial charge in [-0.25, -0.2) is 0 Å². The molecule has 2 aliphatic rings. The first-order chi connectivity index (χ1) is 7.31. The van der Waals surface area contributed by atoms with E-state index < -0.39 is 0 Å². The Morgan fingerprint density at radius 2 is 1.88 bits per heavy atom. The zero-order valence-electron chi connectivity index (χ0n) is 10.1. The highest BCUT2D eigenvalue weighted by molar-refractivity contribution is 5.85. The molecule has 1 aliphatic carbocycles. The van der Waals surface area contributed by atoms with E-state index in [1.54, 1.807) is 0 Å². The number of nitrogens with zero attached hydrogens (tertiary/aromatic N) is 1. The molecule has 3 nitrogen and oxygen atoms in total. The van der Waals surface area contributed by atoms with E-state index in [1.165, 1.54) is 19.3 Å². The Bertz CT molecular complexity index is 223. The average molecular weight is 247 g/mol. The normalized spacial score (nSPS) is 22.4. The number of piperidine rings is 1. The van der Waals surface area contributed by atoms with Crippen molar-refractivity contribution in [2.75, 3.05) is 26.7 Å². The minimum atomic E-state index is 0. The first-order valence-corrected chi connectivity index (χ1v) is 6.24. The minimum absolute atomic E-state index is 0. The summed E-state index contributed by atoms with van der Waals surface area (Å²) in [7, 11) is 2.01. The molecule has 2 rings (SSSR count). The van der Waals surface area contributed by atoms with Crippen LogP contribution in [0.25, 0.3) is 0 Å². The third-order valence-electron chi connectivity index (χ3n) is 3.87. The molecular weight excluding hydrogens is 224 g/mol. The van der Waals surface area contributed by atoms with Crippen molar-refractivity contribution in [2.24, 2.45) is 11.8 Å². The molecule has 0 atom stereocenters. The van der Waals surface area contributed by atoms with E-state index in [-0.39, 0.29) is 12.4 Å². The summed E-state index contributed by atoms with van der Waals surface area (Å²) < 4.78 is 0. The van der Waals surface area contributed by atoms with Crippen LogP contribution in [0.5, 0.6) is 0 Å². The second kappa shape index (κ2) is 6.45. The Morgan fingerprint density at radius 1 is 1.25 bits per heavy atom. The molecule has 0 spiro atoms. The number of carbonyl (C=O) groups excluding carboxylic acids is 1. The molecule has 16 heavy (non-hydrogen) atoms. The van der Waals surface area contributed by atoms with Gasteiger partial charge in [-0.15, -0.1) is 12.4 Å². The van der Waals surface area contributed by atoms with Gasteiger partial charge in [-0.2, -0.15) is 0 Å². The van der Waals surface area contributed by atoms with Crippen LogP contribution in [0.1, 0.15) is 32.1 Å². The van der Waals surface area contributed by atoms with Crippen LogP contribution in [0, 0.1) is 11.8 Å². The largest absolute Gasteiger partial charge is 0.342 e. The second-order valence-corrected chi connectivity index (χ2v) is 4.95. The minimum Gasteiger partial charge on any atom is -0.342 e. The maximum atomic E-state index is 12.0. The van der Waals surface area contributed by atoms with Gasteiger partial charge in [0.05, 0.1) is 0 Å². The molecule has 0 aromatic rings. The summed E-state index contributed by atoms with van der Waals surface area (Å²) >= 11 is 0. The average Bonchev–Trinajstić information content (AvgIpc) is 2.16. The zero-order chi connectivity index (χ0) is 10.7. The van der Waals surface area contributed by atoms with Crippen molar-refractivity contribution in [3.8, 4) is 0 Å². The van der Waals surface area contributed by atoms with Crippen molar-refractivity contribution >= 4 is 18.3 Å². The second-order valence-electron chi connectivity index (χ2n) is 4.95. The van der Waals surface area contributed by atoms with E-state index in [1.807, 2.05) is 7.05 Å². The van der Waals surface area contributed by atoms with E-state index in [0.29, 0.717) is 11.8 Å². The number of hydrogen-bond donors (Lipinski definition) is 1. The fourth-order valence-electron chi connectivity index (χ4n) is 2.56. The van der Waals surface area contributed by atoms with Crippen LogP contribution in [0.4, 0.5) is 0 Å². The van der Waals surface area contributed by atoms with Gasteiger partial charge < -0.3 is 10.2 Å². The number of carbonyl (C=O) groups is 1.